The van der Waals surface area contributed by atoms with Gasteiger partial charge >= 0.3 is 20.1 Å². The van der Waals surface area contributed by atoms with Gasteiger partial charge in [0.1, 0.15) is 0 Å². The Labute approximate surface area is 51.9 Å². The van der Waals surface area contributed by atoms with E-state index >= 15 is 0 Å². The highest BCUT2D eigenvalue weighted by molar-refractivity contribution is 7.54. The predicted molar refractivity (Wildman–Crippen MR) is 20.1 cm³/mol. The lowest BCUT2D eigenvalue weighted by Crippen LogP contribution is -2.14. The standard InChI is InChI=1S/C2F7P/c3-1(4,5)10(9)2(6,7)8. The molecule has 0 aromatic rings. The largest absolute Gasteiger partial charge is 0.444 e. The normalized spacial score (nSPS) is 14.4. The summed E-state index contributed by atoms with van der Waals surface area (Å²) < 4.78 is 76.5. The molecule has 0 atom stereocenters. The van der Waals surface area contributed by atoms with Gasteiger partial charge in [-0.2, -0.15) is 26.3 Å². The maximum Gasteiger partial charge on any atom is 0.444 e. The molecule has 0 bridgehead atoms. The first kappa shape index (κ1) is 9.94. The van der Waals surface area contributed by atoms with Crippen LogP contribution in [0.25, 0.3) is 0 Å². The molecule has 0 aromatic carbocycles. The van der Waals surface area contributed by atoms with Crippen LogP contribution in [0.4, 0.5) is 30.5 Å². The SMILES string of the molecule is FP(C(F)(F)F)C(F)(F)F. The third-order valence-corrected chi connectivity index (χ3v) is 1.34. The Morgan fingerprint density at radius 3 is 0.900 bits per heavy atom. The molecule has 0 unspecified atom stereocenters. The van der Waals surface area contributed by atoms with Crippen molar-refractivity contribution in [2.75, 3.05) is 0 Å². The van der Waals surface area contributed by atoms with Gasteiger partial charge in [-0.25, -0.2) is 4.20 Å². The number of alkyl halides is 6. The molecule has 0 amide bonds. The third kappa shape index (κ3) is 2.68. The van der Waals surface area contributed by atoms with E-state index in [4.69, 9.17) is 0 Å². The van der Waals surface area contributed by atoms with Crippen LogP contribution in [0.5, 0.6) is 0 Å². The van der Waals surface area contributed by atoms with Gasteiger partial charge in [-0.3, -0.25) is 0 Å². The van der Waals surface area contributed by atoms with E-state index in [1.54, 1.807) is 0 Å². The van der Waals surface area contributed by atoms with Crippen molar-refractivity contribution in [1.29, 1.82) is 0 Å². The minimum absolute atomic E-state index is 5.36. The van der Waals surface area contributed by atoms with E-state index in [1.165, 1.54) is 0 Å². The Balaban J connectivity index is 4.23. The average molecular weight is 188 g/mol. The number of halogens is 7. The minimum atomic E-state index is -5.78. The van der Waals surface area contributed by atoms with Crippen molar-refractivity contribution in [3.05, 3.63) is 0 Å². The quantitative estimate of drug-likeness (QED) is 0.403. The minimum Gasteiger partial charge on any atom is -0.207 e. The monoisotopic (exact) mass is 188 g/mol. The molecule has 0 fully saturated rings. The zero-order chi connectivity index (χ0) is 8.58. The number of hydrogen-bond acceptors (Lipinski definition) is 0. The molecule has 0 aromatic heterocycles. The highest BCUT2D eigenvalue weighted by atomic mass is 31.2. The average Bonchev–Trinajstić information content (AvgIpc) is 1.59. The fourth-order valence-electron chi connectivity index (χ4n) is 0.144. The van der Waals surface area contributed by atoms with Crippen molar-refractivity contribution in [1.82, 2.24) is 0 Å². The van der Waals surface area contributed by atoms with Crippen LogP contribution in [-0.4, -0.2) is 11.8 Å². The van der Waals surface area contributed by atoms with E-state index in [-0.39, 0.29) is 0 Å². The van der Waals surface area contributed by atoms with Crippen LogP contribution in [0, 0.1) is 0 Å². The summed E-state index contributed by atoms with van der Waals surface area (Å²) in [6, 6.07) is 0. The summed E-state index contributed by atoms with van der Waals surface area (Å²) in [4.78, 5) is 0. The van der Waals surface area contributed by atoms with Crippen molar-refractivity contribution in [2.45, 2.75) is 11.8 Å². The summed E-state index contributed by atoms with van der Waals surface area (Å²) in [5.74, 6) is -11.6. The van der Waals surface area contributed by atoms with Crippen molar-refractivity contribution in [3.8, 4) is 0 Å². The summed E-state index contributed by atoms with van der Waals surface area (Å²) in [7, 11) is -5.36. The van der Waals surface area contributed by atoms with Crippen LogP contribution in [0.2, 0.25) is 0 Å². The van der Waals surface area contributed by atoms with Gasteiger partial charge in [0, 0.05) is 0 Å². The molecule has 0 aliphatic heterocycles. The maximum absolute atomic E-state index is 11.2. The van der Waals surface area contributed by atoms with Crippen molar-refractivity contribution >= 4 is 8.23 Å². The topological polar surface area (TPSA) is 0 Å². The van der Waals surface area contributed by atoms with Gasteiger partial charge in [0.25, 0.3) is 0 Å². The molecule has 0 radical (unpaired) electrons. The second-order valence-corrected chi connectivity index (χ2v) is 2.79. The second kappa shape index (κ2) is 2.53. The van der Waals surface area contributed by atoms with Crippen molar-refractivity contribution in [3.63, 3.8) is 0 Å². The molecule has 0 spiro atoms. The summed E-state index contributed by atoms with van der Waals surface area (Å²) in [6.07, 6.45) is 0. The maximum atomic E-state index is 11.2. The fourth-order valence-corrected chi connectivity index (χ4v) is 0.431. The molecule has 0 nitrogen and oxygen atoms in total. The zero-order valence-electron chi connectivity index (χ0n) is 4.09. The molecule has 8 heteroatoms. The van der Waals surface area contributed by atoms with E-state index in [1.807, 2.05) is 0 Å². The van der Waals surface area contributed by atoms with Gasteiger partial charge in [-0.1, -0.05) is 0 Å². The van der Waals surface area contributed by atoms with Gasteiger partial charge in [-0.15, -0.1) is 0 Å². The lowest BCUT2D eigenvalue weighted by Gasteiger charge is -2.13. The first-order valence-electron chi connectivity index (χ1n) is 1.75. The first-order valence-corrected chi connectivity index (χ1v) is 2.98. The lowest BCUT2D eigenvalue weighted by atomic mass is 11.5. The van der Waals surface area contributed by atoms with E-state index in [9.17, 15) is 30.5 Å². The molecule has 0 aliphatic rings. The van der Waals surface area contributed by atoms with E-state index < -0.39 is 20.1 Å². The van der Waals surface area contributed by atoms with Gasteiger partial charge in [0.2, 0.25) is 0 Å². The zero-order valence-corrected chi connectivity index (χ0v) is 4.99. The molecule has 0 N–H and O–H groups in total. The van der Waals surface area contributed by atoms with Crippen LogP contribution in [0.1, 0.15) is 0 Å². The Bertz CT molecular complexity index is 95.8. The van der Waals surface area contributed by atoms with Crippen LogP contribution in [0.3, 0.4) is 0 Å². The van der Waals surface area contributed by atoms with Gasteiger partial charge in [0.05, 0.1) is 0 Å². The summed E-state index contributed by atoms with van der Waals surface area (Å²) >= 11 is 0. The molecule has 62 valence electrons. The van der Waals surface area contributed by atoms with E-state index in [2.05, 4.69) is 0 Å². The summed E-state index contributed by atoms with van der Waals surface area (Å²) in [6.45, 7) is 0. The van der Waals surface area contributed by atoms with Gasteiger partial charge < -0.3 is 0 Å². The van der Waals surface area contributed by atoms with Crippen LogP contribution in [0.15, 0.2) is 0 Å². The molecule has 0 heterocycles. The molecular formula is C2F7P. The summed E-state index contributed by atoms with van der Waals surface area (Å²) in [5.41, 5.74) is 0. The Morgan fingerprint density at radius 2 is 0.900 bits per heavy atom. The Kier molecular flexibility index (Phi) is 2.51. The van der Waals surface area contributed by atoms with E-state index in [0.29, 0.717) is 0 Å². The molecule has 0 rings (SSSR count). The molecular weight excluding hydrogens is 188 g/mol. The Hall–Kier alpha value is -0.0600. The highest BCUT2D eigenvalue weighted by Crippen LogP contribution is 2.65. The summed E-state index contributed by atoms with van der Waals surface area (Å²) in [5, 5.41) is 0. The first-order chi connectivity index (χ1) is 4.15. The highest BCUT2D eigenvalue weighted by Gasteiger charge is 2.58. The molecule has 0 saturated heterocycles. The van der Waals surface area contributed by atoms with Crippen molar-refractivity contribution in [2.24, 2.45) is 0 Å². The fraction of sp³-hybridized carbons (Fsp3) is 1.00. The van der Waals surface area contributed by atoms with E-state index in [0.717, 1.165) is 0 Å². The number of rotatable bonds is 0. The van der Waals surface area contributed by atoms with Gasteiger partial charge in [0.15, 0.2) is 0 Å². The molecule has 0 aliphatic carbocycles. The van der Waals surface area contributed by atoms with Crippen LogP contribution < -0.4 is 0 Å². The van der Waals surface area contributed by atoms with Crippen LogP contribution >= 0.6 is 8.23 Å². The Morgan fingerprint density at radius 1 is 0.700 bits per heavy atom. The molecule has 0 saturated carbocycles. The number of hydrogen-bond donors (Lipinski definition) is 0. The second-order valence-electron chi connectivity index (χ2n) is 1.22. The van der Waals surface area contributed by atoms with Gasteiger partial charge in [-0.05, 0) is 0 Å². The lowest BCUT2D eigenvalue weighted by molar-refractivity contribution is -0.0899. The third-order valence-electron chi connectivity index (χ3n) is 0.445. The van der Waals surface area contributed by atoms with Crippen LogP contribution in [-0.2, 0) is 0 Å². The molecule has 10 heavy (non-hydrogen) atoms. The smallest absolute Gasteiger partial charge is 0.207 e. The van der Waals surface area contributed by atoms with Crippen molar-refractivity contribution < 1.29 is 30.5 Å². The predicted octanol–water partition coefficient (Wildman–Crippen LogP) is 3.39.